The van der Waals surface area contributed by atoms with Crippen molar-refractivity contribution in [1.29, 1.82) is 0 Å². The summed E-state index contributed by atoms with van der Waals surface area (Å²) < 4.78 is 5.42. The van der Waals surface area contributed by atoms with E-state index in [2.05, 4.69) is 37.3 Å². The molecule has 0 fully saturated rings. The zero-order valence-electron chi connectivity index (χ0n) is 6.92. The zero-order chi connectivity index (χ0) is 7.94. The molecule has 0 aromatic heterocycles. The van der Waals surface area contributed by atoms with E-state index in [0.717, 1.165) is 6.61 Å². The Morgan fingerprint density at radius 1 is 1.27 bits per heavy atom. The van der Waals surface area contributed by atoms with E-state index in [1.54, 1.807) is 0 Å². The summed E-state index contributed by atoms with van der Waals surface area (Å²) in [4.78, 5) is 0. The first kappa shape index (κ1) is 8.90. The predicted molar refractivity (Wildman–Crippen MR) is 41.8 cm³/mol. The van der Waals surface area contributed by atoms with Crippen molar-refractivity contribution in [2.45, 2.75) is 11.9 Å². The summed E-state index contributed by atoms with van der Waals surface area (Å²) in [7, 11) is 0. The molecule has 1 nitrogen and oxygen atoms in total. The summed E-state index contributed by atoms with van der Waals surface area (Å²) in [6, 6.07) is 10.6. The molecule has 0 aliphatic heterocycles. The van der Waals surface area contributed by atoms with Gasteiger partial charge < -0.3 is 0 Å². The van der Waals surface area contributed by atoms with E-state index < -0.39 is 17.5 Å². The fourth-order valence-electron chi connectivity index (χ4n) is 0.979. The molecule has 0 bridgehead atoms. The van der Waals surface area contributed by atoms with Gasteiger partial charge in [-0.25, -0.2) is 0 Å². The molecule has 2 heteroatoms. The molecule has 0 amide bonds. The van der Waals surface area contributed by atoms with Gasteiger partial charge in [0.1, 0.15) is 0 Å². The third-order valence-electron chi connectivity index (χ3n) is 1.58. The van der Waals surface area contributed by atoms with Crippen LogP contribution in [0, 0.1) is 0 Å². The summed E-state index contributed by atoms with van der Waals surface area (Å²) in [5.74, 6) is 0. The average Bonchev–Trinajstić information content (AvgIpc) is 2.07. The van der Waals surface area contributed by atoms with Gasteiger partial charge in [0.2, 0.25) is 0 Å². The Bertz CT molecular complexity index is 186. The quantitative estimate of drug-likeness (QED) is 0.536. The van der Waals surface area contributed by atoms with E-state index in [-0.39, 0.29) is 0 Å². The van der Waals surface area contributed by atoms with Gasteiger partial charge in [-0.1, -0.05) is 0 Å². The van der Waals surface area contributed by atoms with Gasteiger partial charge in [-0.3, -0.25) is 0 Å². The molecule has 0 radical (unpaired) electrons. The van der Waals surface area contributed by atoms with Crippen LogP contribution in [0.5, 0.6) is 0 Å². The van der Waals surface area contributed by atoms with Crippen molar-refractivity contribution in [3.8, 4) is 0 Å². The normalized spacial score (nSPS) is 9.18. The molecule has 11 heavy (non-hydrogen) atoms. The van der Waals surface area contributed by atoms with Crippen LogP contribution in [-0.4, -0.2) is 6.61 Å². The van der Waals surface area contributed by atoms with E-state index in [1.165, 1.54) is 10.6 Å². The van der Waals surface area contributed by atoms with Crippen LogP contribution in [-0.2, 0) is 26.1 Å². The molecule has 1 aromatic carbocycles. The van der Waals surface area contributed by atoms with Gasteiger partial charge in [0, 0.05) is 0 Å². The molecule has 0 unspecified atom stereocenters. The summed E-state index contributed by atoms with van der Waals surface area (Å²) in [6.45, 7) is 2.96. The van der Waals surface area contributed by atoms with Crippen LogP contribution in [0.1, 0.15) is 12.5 Å². The van der Waals surface area contributed by atoms with Crippen molar-refractivity contribution in [3.05, 3.63) is 35.9 Å². The maximum absolute atomic E-state index is 5.42. The monoisotopic (exact) mass is 200 g/mol. The first-order chi connectivity index (χ1) is 5.43. The number of rotatable bonds is 4. The fraction of sp³-hybridized carbons (Fsp3) is 0.333. The standard InChI is InChI=1S/C7H7.C2H5O.Zn/c1-7-5-3-2-4-6-7;1-2-3;/h2-6H,1H2;2H2,1H3;/q;-1;+1. The second kappa shape index (κ2) is 5.45. The molecule has 0 aliphatic carbocycles. The van der Waals surface area contributed by atoms with Crippen LogP contribution in [0.4, 0.5) is 0 Å². The predicted octanol–water partition coefficient (Wildman–Crippen LogP) is 2.22. The first-order valence-electron chi connectivity index (χ1n) is 4.05. The van der Waals surface area contributed by atoms with Crippen LogP contribution in [0.15, 0.2) is 30.3 Å². The van der Waals surface area contributed by atoms with E-state index >= 15 is 0 Å². The van der Waals surface area contributed by atoms with Crippen LogP contribution < -0.4 is 0 Å². The van der Waals surface area contributed by atoms with Gasteiger partial charge in [0.15, 0.2) is 0 Å². The molecule has 1 rings (SSSR count). The van der Waals surface area contributed by atoms with Crippen molar-refractivity contribution in [2.75, 3.05) is 6.61 Å². The van der Waals surface area contributed by atoms with Crippen LogP contribution in [0.25, 0.3) is 0 Å². The molecule has 1 aromatic rings. The van der Waals surface area contributed by atoms with E-state index in [1.807, 2.05) is 0 Å². The third kappa shape index (κ3) is 3.64. The van der Waals surface area contributed by atoms with Crippen LogP contribution >= 0.6 is 0 Å². The Labute approximate surface area is 75.8 Å². The molecular formula is C9H12OZn. The second-order valence-corrected chi connectivity index (χ2v) is 5.19. The molecule has 0 heterocycles. The molecule has 0 N–H and O–H groups in total. The number of hydrogen-bond acceptors (Lipinski definition) is 1. The number of benzene rings is 1. The zero-order valence-corrected chi connectivity index (χ0v) is 9.88. The molecule has 56 valence electrons. The maximum atomic E-state index is 5.42. The van der Waals surface area contributed by atoms with Crippen molar-refractivity contribution in [2.24, 2.45) is 0 Å². The van der Waals surface area contributed by atoms with Gasteiger partial charge in [-0.15, -0.1) is 0 Å². The molecule has 0 atom stereocenters. The summed E-state index contributed by atoms with van der Waals surface area (Å²) >= 11 is -0.679. The molecule has 0 spiro atoms. The Kier molecular flexibility index (Phi) is 4.41. The van der Waals surface area contributed by atoms with Crippen molar-refractivity contribution < 1.29 is 21.1 Å². The molecular weight excluding hydrogens is 189 g/mol. The summed E-state index contributed by atoms with van der Waals surface area (Å²) in [6.07, 6.45) is 0. The summed E-state index contributed by atoms with van der Waals surface area (Å²) in [5, 5.41) is 1.21. The van der Waals surface area contributed by atoms with E-state index in [4.69, 9.17) is 3.56 Å². The number of hydrogen-bond donors (Lipinski definition) is 0. The van der Waals surface area contributed by atoms with Gasteiger partial charge in [-0.05, 0) is 0 Å². The Hall–Kier alpha value is -0.197. The SMILES string of the molecule is CC[O][Zn][CH2]c1ccccc1. The fourth-order valence-corrected chi connectivity index (χ4v) is 3.08. The van der Waals surface area contributed by atoms with E-state index in [0.29, 0.717) is 0 Å². The van der Waals surface area contributed by atoms with Crippen LogP contribution in [0.3, 0.4) is 0 Å². The Morgan fingerprint density at radius 2 is 2.00 bits per heavy atom. The molecule has 0 aliphatic rings. The minimum atomic E-state index is -0.679. The van der Waals surface area contributed by atoms with Gasteiger partial charge in [-0.2, -0.15) is 0 Å². The van der Waals surface area contributed by atoms with Gasteiger partial charge >= 0.3 is 75.5 Å². The minimum absolute atomic E-state index is 0.679. The van der Waals surface area contributed by atoms with Gasteiger partial charge in [0.05, 0.1) is 0 Å². The molecule has 0 saturated carbocycles. The second-order valence-electron chi connectivity index (χ2n) is 2.43. The summed E-state index contributed by atoms with van der Waals surface area (Å²) in [5.41, 5.74) is 1.43. The van der Waals surface area contributed by atoms with Crippen molar-refractivity contribution in [3.63, 3.8) is 0 Å². The van der Waals surface area contributed by atoms with Crippen LogP contribution in [0.2, 0.25) is 0 Å². The topological polar surface area (TPSA) is 9.23 Å². The van der Waals surface area contributed by atoms with Crippen molar-refractivity contribution in [1.82, 2.24) is 0 Å². The average molecular weight is 202 g/mol. The van der Waals surface area contributed by atoms with E-state index in [9.17, 15) is 0 Å². The first-order valence-corrected chi connectivity index (χ1v) is 7.36. The molecule has 0 saturated heterocycles. The van der Waals surface area contributed by atoms with Gasteiger partial charge in [0.25, 0.3) is 0 Å². The Balaban J connectivity index is 2.28. The van der Waals surface area contributed by atoms with Crippen molar-refractivity contribution >= 4 is 0 Å². The third-order valence-corrected chi connectivity index (χ3v) is 4.68. The Morgan fingerprint density at radius 3 is 2.64 bits per heavy atom.